The first-order valence-corrected chi connectivity index (χ1v) is 9.54. The lowest BCUT2D eigenvalue weighted by molar-refractivity contribution is -0.147. The predicted octanol–water partition coefficient (Wildman–Crippen LogP) is 4.40. The number of aryl methyl sites for hydroxylation is 2. The van der Waals surface area contributed by atoms with E-state index in [-0.39, 0.29) is 25.2 Å². The molecule has 0 saturated heterocycles. The third-order valence-corrected chi connectivity index (χ3v) is 4.61. The highest BCUT2D eigenvalue weighted by Crippen LogP contribution is 2.17. The second-order valence-electron chi connectivity index (χ2n) is 6.83. The highest BCUT2D eigenvalue weighted by atomic mass is 16.5. The minimum atomic E-state index is -0.563. The molecule has 2 aromatic rings. The highest BCUT2D eigenvalue weighted by molar-refractivity contribution is 5.98. The Bertz CT molecular complexity index is 840. The zero-order valence-corrected chi connectivity index (χ0v) is 16.7. The van der Waals surface area contributed by atoms with Crippen LogP contribution in [0, 0.1) is 13.8 Å². The number of anilines is 1. The summed E-state index contributed by atoms with van der Waals surface area (Å²) in [6, 6.07) is 13.1. The summed E-state index contributed by atoms with van der Waals surface area (Å²) in [4.78, 5) is 36.0. The maximum atomic E-state index is 12.2. The second kappa shape index (κ2) is 10.4. The molecule has 5 nitrogen and oxygen atoms in total. The van der Waals surface area contributed by atoms with Gasteiger partial charge in [-0.2, -0.15) is 0 Å². The molecule has 0 aromatic heterocycles. The lowest BCUT2D eigenvalue weighted by atomic mass is 10.0. The van der Waals surface area contributed by atoms with Gasteiger partial charge in [-0.3, -0.25) is 14.4 Å². The van der Waals surface area contributed by atoms with Gasteiger partial charge in [0.15, 0.2) is 12.4 Å². The molecule has 2 rings (SSSR count). The maximum absolute atomic E-state index is 12.2. The standard InChI is InChI=1S/C23H27NO4/c1-4-6-18-9-11-19(12-10-18)21(25)13-14-23(27)28-15-22(26)24-20-8-5-7-16(2)17(20)3/h5,7-12H,4,6,13-15H2,1-3H3,(H,24,26). The Labute approximate surface area is 166 Å². The van der Waals surface area contributed by atoms with E-state index in [2.05, 4.69) is 12.2 Å². The number of esters is 1. The van der Waals surface area contributed by atoms with Crippen molar-refractivity contribution in [3.63, 3.8) is 0 Å². The third kappa shape index (κ3) is 6.34. The summed E-state index contributed by atoms with van der Waals surface area (Å²) < 4.78 is 4.98. The molecule has 0 aliphatic rings. The first kappa shape index (κ1) is 21.4. The number of ether oxygens (including phenoxy) is 1. The fraction of sp³-hybridized carbons (Fsp3) is 0.348. The largest absolute Gasteiger partial charge is 0.456 e. The molecule has 0 fully saturated rings. The van der Waals surface area contributed by atoms with Gasteiger partial charge in [0.1, 0.15) is 0 Å². The van der Waals surface area contributed by atoms with E-state index in [0.717, 1.165) is 24.0 Å². The molecule has 0 heterocycles. The molecule has 0 aliphatic carbocycles. The lowest BCUT2D eigenvalue weighted by Crippen LogP contribution is -2.21. The molecule has 0 bridgehead atoms. The molecule has 1 amide bonds. The van der Waals surface area contributed by atoms with Crippen molar-refractivity contribution >= 4 is 23.3 Å². The predicted molar refractivity (Wildman–Crippen MR) is 110 cm³/mol. The minimum Gasteiger partial charge on any atom is -0.456 e. The van der Waals surface area contributed by atoms with Crippen molar-refractivity contribution in [2.24, 2.45) is 0 Å². The van der Waals surface area contributed by atoms with Gasteiger partial charge in [0, 0.05) is 17.7 Å². The smallest absolute Gasteiger partial charge is 0.306 e. The van der Waals surface area contributed by atoms with E-state index in [1.807, 2.05) is 38.1 Å². The third-order valence-electron chi connectivity index (χ3n) is 4.61. The van der Waals surface area contributed by atoms with E-state index in [0.29, 0.717) is 11.3 Å². The van der Waals surface area contributed by atoms with Crippen LogP contribution in [-0.4, -0.2) is 24.3 Å². The first-order chi connectivity index (χ1) is 13.4. The van der Waals surface area contributed by atoms with Crippen molar-refractivity contribution in [3.8, 4) is 0 Å². The van der Waals surface area contributed by atoms with E-state index in [1.54, 1.807) is 18.2 Å². The molecule has 148 valence electrons. The molecule has 5 heteroatoms. The fourth-order valence-corrected chi connectivity index (χ4v) is 2.80. The number of carbonyl (C=O) groups excluding carboxylic acids is 3. The van der Waals surface area contributed by atoms with Gasteiger partial charge in [-0.1, -0.05) is 49.7 Å². The Kier molecular flexibility index (Phi) is 7.93. The van der Waals surface area contributed by atoms with Gasteiger partial charge in [-0.15, -0.1) is 0 Å². The van der Waals surface area contributed by atoms with Gasteiger partial charge in [0.25, 0.3) is 5.91 Å². The van der Waals surface area contributed by atoms with Crippen LogP contribution in [0.2, 0.25) is 0 Å². The van der Waals surface area contributed by atoms with Crippen LogP contribution in [0.5, 0.6) is 0 Å². The molecule has 0 saturated carbocycles. The summed E-state index contributed by atoms with van der Waals surface area (Å²) >= 11 is 0. The number of hydrogen-bond donors (Lipinski definition) is 1. The average molecular weight is 381 g/mol. The molecule has 0 atom stereocenters. The number of Topliss-reactive ketones (excluding diaryl/α,β-unsaturated/α-hetero) is 1. The van der Waals surface area contributed by atoms with Crippen LogP contribution in [0.4, 0.5) is 5.69 Å². The van der Waals surface area contributed by atoms with Gasteiger partial charge in [-0.25, -0.2) is 0 Å². The molecule has 2 aromatic carbocycles. The van der Waals surface area contributed by atoms with Crippen LogP contribution in [0.25, 0.3) is 0 Å². The van der Waals surface area contributed by atoms with E-state index in [9.17, 15) is 14.4 Å². The Balaban J connectivity index is 1.75. The quantitative estimate of drug-likeness (QED) is 0.516. The molecule has 0 spiro atoms. The lowest BCUT2D eigenvalue weighted by Gasteiger charge is -2.10. The zero-order chi connectivity index (χ0) is 20.5. The molecule has 0 radical (unpaired) electrons. The van der Waals surface area contributed by atoms with Crippen LogP contribution >= 0.6 is 0 Å². The van der Waals surface area contributed by atoms with Gasteiger partial charge < -0.3 is 10.1 Å². The van der Waals surface area contributed by atoms with Crippen molar-refractivity contribution in [3.05, 3.63) is 64.7 Å². The number of hydrogen-bond acceptors (Lipinski definition) is 4. The van der Waals surface area contributed by atoms with Crippen molar-refractivity contribution < 1.29 is 19.1 Å². The minimum absolute atomic E-state index is 0.0493. The van der Waals surface area contributed by atoms with Crippen molar-refractivity contribution in [1.29, 1.82) is 0 Å². The Morgan fingerprint density at radius 1 is 0.964 bits per heavy atom. The van der Waals surface area contributed by atoms with Crippen LogP contribution in [0.3, 0.4) is 0 Å². The summed E-state index contributed by atoms with van der Waals surface area (Å²) in [5, 5.41) is 2.73. The normalized spacial score (nSPS) is 10.4. The van der Waals surface area contributed by atoms with Crippen LogP contribution < -0.4 is 5.32 Å². The second-order valence-corrected chi connectivity index (χ2v) is 6.83. The fourth-order valence-electron chi connectivity index (χ4n) is 2.80. The first-order valence-electron chi connectivity index (χ1n) is 9.54. The molecule has 1 N–H and O–H groups in total. The summed E-state index contributed by atoms with van der Waals surface area (Å²) in [7, 11) is 0. The summed E-state index contributed by atoms with van der Waals surface area (Å²) in [5.41, 5.74) is 4.50. The van der Waals surface area contributed by atoms with Gasteiger partial charge in [0.2, 0.25) is 0 Å². The van der Waals surface area contributed by atoms with Crippen molar-refractivity contribution in [1.82, 2.24) is 0 Å². The number of amides is 1. The van der Waals surface area contributed by atoms with E-state index < -0.39 is 11.9 Å². The van der Waals surface area contributed by atoms with E-state index in [4.69, 9.17) is 4.74 Å². The summed E-state index contributed by atoms with van der Waals surface area (Å²) in [6.45, 7) is 5.61. The number of ketones is 1. The van der Waals surface area contributed by atoms with Gasteiger partial charge >= 0.3 is 5.97 Å². The number of benzene rings is 2. The zero-order valence-electron chi connectivity index (χ0n) is 16.7. The molecule has 0 unspecified atom stereocenters. The molecule has 0 aliphatic heterocycles. The van der Waals surface area contributed by atoms with Crippen molar-refractivity contribution in [2.75, 3.05) is 11.9 Å². The molecule has 28 heavy (non-hydrogen) atoms. The Morgan fingerprint density at radius 2 is 1.68 bits per heavy atom. The monoisotopic (exact) mass is 381 g/mol. The number of nitrogens with one attached hydrogen (secondary N) is 1. The molecular formula is C23H27NO4. The SMILES string of the molecule is CCCc1ccc(C(=O)CCC(=O)OCC(=O)Nc2cccc(C)c2C)cc1. The Hall–Kier alpha value is -2.95. The van der Waals surface area contributed by atoms with Crippen LogP contribution in [0.1, 0.15) is 53.2 Å². The Morgan fingerprint density at radius 3 is 2.36 bits per heavy atom. The van der Waals surface area contributed by atoms with Gasteiger partial charge in [-0.05, 0) is 43.0 Å². The summed E-state index contributed by atoms with van der Waals surface area (Å²) in [5.74, 6) is -1.08. The van der Waals surface area contributed by atoms with E-state index >= 15 is 0 Å². The number of rotatable bonds is 9. The topological polar surface area (TPSA) is 72.5 Å². The maximum Gasteiger partial charge on any atom is 0.306 e. The van der Waals surface area contributed by atoms with Gasteiger partial charge in [0.05, 0.1) is 6.42 Å². The van der Waals surface area contributed by atoms with Crippen molar-refractivity contribution in [2.45, 2.75) is 46.5 Å². The van der Waals surface area contributed by atoms with Crippen LogP contribution in [0.15, 0.2) is 42.5 Å². The average Bonchev–Trinajstić information content (AvgIpc) is 2.69. The summed E-state index contributed by atoms with van der Waals surface area (Å²) in [6.07, 6.45) is 2.04. The number of carbonyl (C=O) groups is 3. The van der Waals surface area contributed by atoms with Crippen LogP contribution in [-0.2, 0) is 20.7 Å². The van der Waals surface area contributed by atoms with E-state index in [1.165, 1.54) is 5.56 Å². The highest BCUT2D eigenvalue weighted by Gasteiger charge is 2.13. The molecular weight excluding hydrogens is 354 g/mol.